The van der Waals surface area contributed by atoms with Crippen molar-refractivity contribution in [3.8, 4) is 0 Å². The zero-order valence-corrected chi connectivity index (χ0v) is 23.4. The number of rotatable bonds is 6. The lowest BCUT2D eigenvalue weighted by molar-refractivity contribution is -0.123. The number of nitrogens with zero attached hydrogens (tertiary/aromatic N) is 3. The van der Waals surface area contributed by atoms with E-state index in [1.807, 2.05) is 36.4 Å². The quantitative estimate of drug-likeness (QED) is 0.365. The summed E-state index contributed by atoms with van der Waals surface area (Å²) in [5.41, 5.74) is 3.43. The van der Waals surface area contributed by atoms with Gasteiger partial charge in [0.2, 0.25) is 5.91 Å². The Kier molecular flexibility index (Phi) is 7.29. The first-order valence-electron chi connectivity index (χ1n) is 12.9. The third kappa shape index (κ3) is 5.67. The van der Waals surface area contributed by atoms with Crippen LogP contribution in [-0.4, -0.2) is 40.9 Å². The molecule has 2 N–H and O–H groups in total. The molecule has 206 valence electrons. The van der Waals surface area contributed by atoms with Crippen molar-refractivity contribution >= 4 is 27.3 Å². The van der Waals surface area contributed by atoms with Crippen LogP contribution in [0.4, 0.5) is 5.69 Å². The number of aromatic nitrogens is 3. The van der Waals surface area contributed by atoms with E-state index in [4.69, 9.17) is 0 Å². The molecule has 10 heteroatoms. The van der Waals surface area contributed by atoms with Crippen LogP contribution in [0.2, 0.25) is 0 Å². The molecular weight excluding hydrogens is 526 g/mol. The van der Waals surface area contributed by atoms with E-state index in [-0.39, 0.29) is 22.6 Å². The number of nitrogens with one attached hydrogen (secondary N) is 2. The van der Waals surface area contributed by atoms with Crippen LogP contribution in [-0.2, 0) is 25.8 Å². The summed E-state index contributed by atoms with van der Waals surface area (Å²) in [7, 11) is -3.45. The van der Waals surface area contributed by atoms with Gasteiger partial charge in [0.15, 0.2) is 9.84 Å². The Labute approximate surface area is 233 Å². The van der Waals surface area contributed by atoms with Crippen molar-refractivity contribution in [3.05, 3.63) is 114 Å². The van der Waals surface area contributed by atoms with Crippen molar-refractivity contribution in [3.63, 3.8) is 0 Å². The van der Waals surface area contributed by atoms with E-state index in [2.05, 4.69) is 41.0 Å². The predicted octanol–water partition coefficient (Wildman–Crippen LogP) is 4.28. The summed E-state index contributed by atoms with van der Waals surface area (Å²) < 4.78 is 25.5. The monoisotopic (exact) mass is 557 g/mol. The van der Waals surface area contributed by atoms with Gasteiger partial charge in [-0.25, -0.2) is 13.4 Å². The minimum absolute atomic E-state index is 0.0779. The van der Waals surface area contributed by atoms with Gasteiger partial charge in [-0.15, -0.1) is 0 Å². The van der Waals surface area contributed by atoms with Crippen LogP contribution >= 0.6 is 0 Å². The zero-order valence-electron chi connectivity index (χ0n) is 22.5. The number of amides is 2. The lowest BCUT2D eigenvalue weighted by Crippen LogP contribution is -2.47. The highest BCUT2D eigenvalue weighted by Crippen LogP contribution is 2.34. The van der Waals surface area contributed by atoms with Gasteiger partial charge in [-0.3, -0.25) is 19.5 Å². The van der Waals surface area contributed by atoms with E-state index in [1.54, 1.807) is 30.5 Å². The summed E-state index contributed by atoms with van der Waals surface area (Å²) in [5.74, 6) is -1.34. The second-order valence-corrected chi connectivity index (χ2v) is 13.0. The SMILES string of the molecule is CC(C)(C)c1ccc(N(C(=O)c2c[nH]cn2)C(C(=O)NC2CS(=O)(=O)Cc3ccccc32)c2cccnc2)cc1. The molecule has 0 saturated heterocycles. The molecule has 9 nitrogen and oxygen atoms in total. The number of sulfone groups is 1. The lowest BCUT2D eigenvalue weighted by Gasteiger charge is -2.33. The second-order valence-electron chi connectivity index (χ2n) is 10.9. The molecule has 40 heavy (non-hydrogen) atoms. The van der Waals surface area contributed by atoms with Crippen LogP contribution in [0, 0.1) is 0 Å². The van der Waals surface area contributed by atoms with Gasteiger partial charge in [-0.2, -0.15) is 0 Å². The van der Waals surface area contributed by atoms with Crippen LogP contribution in [0.15, 0.2) is 85.6 Å². The zero-order chi connectivity index (χ0) is 28.5. The van der Waals surface area contributed by atoms with Gasteiger partial charge in [0.05, 0.1) is 23.9 Å². The van der Waals surface area contributed by atoms with E-state index in [0.717, 1.165) is 11.1 Å². The summed E-state index contributed by atoms with van der Waals surface area (Å²) in [4.78, 5) is 40.7. The number of carbonyl (C=O) groups excluding carboxylic acids is 2. The normalized spacial score (nSPS) is 16.9. The van der Waals surface area contributed by atoms with Gasteiger partial charge in [0, 0.05) is 29.8 Å². The van der Waals surface area contributed by atoms with Gasteiger partial charge >= 0.3 is 0 Å². The van der Waals surface area contributed by atoms with E-state index >= 15 is 0 Å². The molecule has 2 atom stereocenters. The number of benzene rings is 2. The molecule has 4 aromatic rings. The minimum atomic E-state index is -3.45. The molecule has 0 radical (unpaired) electrons. The van der Waals surface area contributed by atoms with Crippen molar-refractivity contribution in [1.29, 1.82) is 0 Å². The summed E-state index contributed by atoms with van der Waals surface area (Å²) in [6.45, 7) is 6.28. The molecule has 0 bridgehead atoms. The number of pyridine rings is 1. The number of anilines is 1. The van der Waals surface area contributed by atoms with Crippen molar-refractivity contribution < 1.29 is 18.0 Å². The predicted molar refractivity (Wildman–Crippen MR) is 152 cm³/mol. The molecule has 2 aromatic carbocycles. The molecule has 0 saturated carbocycles. The molecule has 1 aliphatic rings. The molecule has 0 spiro atoms. The van der Waals surface area contributed by atoms with Crippen LogP contribution in [0.1, 0.15) is 65.6 Å². The number of H-pyrrole nitrogens is 1. The van der Waals surface area contributed by atoms with Crippen LogP contribution in [0.3, 0.4) is 0 Å². The Morgan fingerprint density at radius 2 is 1.80 bits per heavy atom. The maximum atomic E-state index is 14.2. The molecule has 0 fully saturated rings. The number of carbonyl (C=O) groups is 2. The van der Waals surface area contributed by atoms with E-state index < -0.39 is 33.7 Å². The second kappa shape index (κ2) is 10.7. The Balaban J connectivity index is 1.60. The Morgan fingerprint density at radius 3 is 2.45 bits per heavy atom. The maximum Gasteiger partial charge on any atom is 0.279 e. The van der Waals surface area contributed by atoms with E-state index in [0.29, 0.717) is 16.8 Å². The fourth-order valence-corrected chi connectivity index (χ4v) is 6.60. The van der Waals surface area contributed by atoms with E-state index in [9.17, 15) is 18.0 Å². The molecule has 0 aliphatic carbocycles. The van der Waals surface area contributed by atoms with E-state index in [1.165, 1.54) is 23.6 Å². The Morgan fingerprint density at radius 1 is 1.05 bits per heavy atom. The van der Waals surface area contributed by atoms with Crippen molar-refractivity contribution in [1.82, 2.24) is 20.3 Å². The fourth-order valence-electron chi connectivity index (χ4n) is 4.98. The van der Waals surface area contributed by atoms with Crippen molar-refractivity contribution in [2.75, 3.05) is 10.7 Å². The number of hydrogen-bond donors (Lipinski definition) is 2. The van der Waals surface area contributed by atoms with Gasteiger partial charge in [-0.05, 0) is 40.3 Å². The Bertz CT molecular complexity index is 1610. The summed E-state index contributed by atoms with van der Waals surface area (Å²) in [6.07, 6.45) is 5.99. The molecule has 2 amide bonds. The fraction of sp³-hybridized carbons (Fsp3) is 0.267. The summed E-state index contributed by atoms with van der Waals surface area (Å²) in [5, 5.41) is 2.95. The average molecular weight is 558 g/mol. The molecule has 5 rings (SSSR count). The maximum absolute atomic E-state index is 14.2. The minimum Gasteiger partial charge on any atom is -0.350 e. The summed E-state index contributed by atoms with van der Waals surface area (Å²) >= 11 is 0. The Hall–Kier alpha value is -4.31. The van der Waals surface area contributed by atoms with Crippen molar-refractivity contribution in [2.24, 2.45) is 0 Å². The number of imidazole rings is 1. The standard InChI is InChI=1S/C30H31N5O4S/c1-30(2,3)22-10-12-23(13-11-22)35(29(37)25-16-32-19-33-25)27(20-8-6-14-31-15-20)28(36)34-26-18-40(38,39)17-21-7-4-5-9-24(21)26/h4-16,19,26-27H,17-18H2,1-3H3,(H,32,33)(H,34,36). The first-order chi connectivity index (χ1) is 19.0. The third-order valence-electron chi connectivity index (χ3n) is 7.00. The highest BCUT2D eigenvalue weighted by Gasteiger charge is 2.38. The highest BCUT2D eigenvalue weighted by molar-refractivity contribution is 7.90. The van der Waals surface area contributed by atoms with Gasteiger partial charge in [-0.1, -0.05) is 63.2 Å². The highest BCUT2D eigenvalue weighted by atomic mass is 32.2. The number of hydrogen-bond acceptors (Lipinski definition) is 6. The summed E-state index contributed by atoms with van der Waals surface area (Å²) in [6, 6.07) is 16.1. The van der Waals surface area contributed by atoms with Crippen LogP contribution < -0.4 is 10.2 Å². The first kappa shape index (κ1) is 27.3. The molecule has 2 aromatic heterocycles. The first-order valence-corrected chi connectivity index (χ1v) is 14.8. The topological polar surface area (TPSA) is 125 Å². The molecule has 1 aliphatic heterocycles. The van der Waals surface area contributed by atoms with Crippen LogP contribution in [0.25, 0.3) is 0 Å². The molecular formula is C30H31N5O4S. The lowest BCUT2D eigenvalue weighted by atomic mass is 9.87. The number of fused-ring (bicyclic) bond motifs is 1. The molecule has 2 unspecified atom stereocenters. The molecule has 3 heterocycles. The van der Waals surface area contributed by atoms with Gasteiger partial charge in [0.1, 0.15) is 11.7 Å². The van der Waals surface area contributed by atoms with Gasteiger partial charge in [0.25, 0.3) is 5.91 Å². The number of aromatic amines is 1. The smallest absolute Gasteiger partial charge is 0.279 e. The van der Waals surface area contributed by atoms with Gasteiger partial charge < -0.3 is 10.3 Å². The third-order valence-corrected chi connectivity index (χ3v) is 8.59. The van der Waals surface area contributed by atoms with Crippen LogP contribution in [0.5, 0.6) is 0 Å². The van der Waals surface area contributed by atoms with Crippen molar-refractivity contribution in [2.45, 2.75) is 44.0 Å². The largest absolute Gasteiger partial charge is 0.350 e. The average Bonchev–Trinajstić information content (AvgIpc) is 3.46.